The van der Waals surface area contributed by atoms with Gasteiger partial charge in [0.15, 0.2) is 6.61 Å². The molecule has 8 heteroatoms. The number of hydrogen-bond acceptors (Lipinski definition) is 5. The Morgan fingerprint density at radius 3 is 3.00 bits per heavy atom. The van der Waals surface area contributed by atoms with Gasteiger partial charge in [0.25, 0.3) is 6.43 Å². The predicted molar refractivity (Wildman–Crippen MR) is 85.0 cm³/mol. The van der Waals surface area contributed by atoms with E-state index >= 15 is 0 Å². The molecule has 0 aliphatic rings. The number of pyridine rings is 1. The molecule has 0 bridgehead atoms. The maximum Gasteiger partial charge on any atom is 0.272 e. The van der Waals surface area contributed by atoms with Crippen LogP contribution in [0.1, 0.15) is 5.56 Å². The Labute approximate surface area is 135 Å². The highest BCUT2D eigenvalue weighted by Gasteiger charge is 2.09. The second-order valence-electron chi connectivity index (χ2n) is 4.70. The number of halogens is 2. The van der Waals surface area contributed by atoms with Crippen molar-refractivity contribution in [1.29, 1.82) is 0 Å². The number of nitrogens with zero attached hydrogens (tertiary/aromatic N) is 2. The summed E-state index contributed by atoms with van der Waals surface area (Å²) in [6.07, 6.45) is -0.774. The Balaban J connectivity index is 1.65. The van der Waals surface area contributed by atoms with E-state index in [1.54, 1.807) is 35.7 Å². The molecular weight excluding hydrogens is 322 g/mol. The third kappa shape index (κ3) is 4.04. The summed E-state index contributed by atoms with van der Waals surface area (Å²) in [4.78, 5) is 4.14. The van der Waals surface area contributed by atoms with Crippen LogP contribution in [0.3, 0.4) is 0 Å². The summed E-state index contributed by atoms with van der Waals surface area (Å²) in [5.74, 6) is 0.717. The third-order valence-electron chi connectivity index (χ3n) is 3.07. The molecule has 0 aromatic carbocycles. The van der Waals surface area contributed by atoms with Crippen LogP contribution in [0.2, 0.25) is 0 Å². The van der Waals surface area contributed by atoms with Crippen LogP contribution in [0.25, 0.3) is 11.3 Å². The van der Waals surface area contributed by atoms with Crippen LogP contribution in [-0.4, -0.2) is 28.2 Å². The molecular formula is C15H14F2N4OS. The zero-order valence-corrected chi connectivity index (χ0v) is 12.8. The molecule has 3 heterocycles. The molecule has 3 aromatic heterocycles. The zero-order valence-electron chi connectivity index (χ0n) is 12.0. The number of H-pyrrole nitrogens is 1. The van der Waals surface area contributed by atoms with Crippen LogP contribution >= 0.6 is 11.3 Å². The lowest BCUT2D eigenvalue weighted by atomic mass is 10.1. The number of hydrogen-bond donors (Lipinski definition) is 2. The Hall–Kier alpha value is -2.48. The standard InChI is InChI=1S/C15H14F2N4OS/c16-12(17)8-22-14-3-1-2-13(20-14)18-6-11-7-19-21-15(11)10-4-5-23-9-10/h1-5,7,9,12H,6,8H2,(H,18,20)(H,19,21). The minimum Gasteiger partial charge on any atom is -0.472 e. The summed E-state index contributed by atoms with van der Waals surface area (Å²) in [7, 11) is 0. The summed E-state index contributed by atoms with van der Waals surface area (Å²) >= 11 is 1.61. The number of aromatic amines is 1. The van der Waals surface area contributed by atoms with E-state index in [4.69, 9.17) is 4.74 Å². The Kier molecular flexibility index (Phi) is 4.82. The van der Waals surface area contributed by atoms with Crippen molar-refractivity contribution in [2.24, 2.45) is 0 Å². The van der Waals surface area contributed by atoms with Crippen LogP contribution in [0, 0.1) is 0 Å². The van der Waals surface area contributed by atoms with Crippen molar-refractivity contribution >= 4 is 17.2 Å². The van der Waals surface area contributed by atoms with Gasteiger partial charge in [-0.3, -0.25) is 5.10 Å². The number of rotatable bonds is 7. The Morgan fingerprint density at radius 2 is 2.22 bits per heavy atom. The monoisotopic (exact) mass is 336 g/mol. The van der Waals surface area contributed by atoms with Crippen molar-refractivity contribution in [3.63, 3.8) is 0 Å². The van der Waals surface area contributed by atoms with E-state index in [1.165, 1.54) is 0 Å². The zero-order chi connectivity index (χ0) is 16.1. The molecule has 0 saturated heterocycles. The normalized spacial score (nSPS) is 10.9. The highest BCUT2D eigenvalue weighted by molar-refractivity contribution is 7.08. The summed E-state index contributed by atoms with van der Waals surface area (Å²) in [6.45, 7) is -0.159. The van der Waals surface area contributed by atoms with Crippen molar-refractivity contribution in [1.82, 2.24) is 15.2 Å². The summed E-state index contributed by atoms with van der Waals surface area (Å²) in [6, 6.07) is 7.01. The number of thiophene rings is 1. The van der Waals surface area contributed by atoms with E-state index in [1.807, 2.05) is 16.8 Å². The van der Waals surface area contributed by atoms with Gasteiger partial charge in [-0.25, -0.2) is 8.78 Å². The molecule has 0 atom stereocenters. The van der Waals surface area contributed by atoms with Gasteiger partial charge >= 0.3 is 0 Å². The van der Waals surface area contributed by atoms with Gasteiger partial charge in [0.1, 0.15) is 5.82 Å². The molecule has 0 aliphatic carbocycles. The number of aromatic nitrogens is 3. The molecule has 23 heavy (non-hydrogen) atoms. The lowest BCUT2D eigenvalue weighted by Crippen LogP contribution is -2.09. The molecule has 0 fully saturated rings. The van der Waals surface area contributed by atoms with Gasteiger partial charge < -0.3 is 10.1 Å². The second-order valence-corrected chi connectivity index (χ2v) is 5.48. The first kappa shape index (κ1) is 15.4. The summed E-state index contributed by atoms with van der Waals surface area (Å²) in [5.41, 5.74) is 3.01. The minimum atomic E-state index is -2.52. The number of alkyl halides is 2. The average molecular weight is 336 g/mol. The van der Waals surface area contributed by atoms with Gasteiger partial charge in [-0.15, -0.1) is 0 Å². The largest absolute Gasteiger partial charge is 0.472 e. The lowest BCUT2D eigenvalue weighted by Gasteiger charge is -2.08. The van der Waals surface area contributed by atoms with Gasteiger partial charge in [-0.05, 0) is 17.5 Å². The molecule has 3 rings (SSSR count). The highest BCUT2D eigenvalue weighted by atomic mass is 32.1. The van der Waals surface area contributed by atoms with Gasteiger partial charge in [0, 0.05) is 29.1 Å². The third-order valence-corrected chi connectivity index (χ3v) is 3.75. The fourth-order valence-electron chi connectivity index (χ4n) is 2.03. The smallest absolute Gasteiger partial charge is 0.272 e. The van der Waals surface area contributed by atoms with Crippen LogP contribution in [0.15, 0.2) is 41.2 Å². The van der Waals surface area contributed by atoms with Crippen molar-refractivity contribution < 1.29 is 13.5 Å². The predicted octanol–water partition coefficient (Wildman–Crippen LogP) is 3.79. The number of ether oxygens (including phenoxy) is 1. The highest BCUT2D eigenvalue weighted by Crippen LogP contribution is 2.24. The van der Waals surface area contributed by atoms with Crippen LogP contribution in [0.4, 0.5) is 14.6 Å². The van der Waals surface area contributed by atoms with E-state index in [9.17, 15) is 8.78 Å². The lowest BCUT2D eigenvalue weighted by molar-refractivity contribution is 0.0796. The quantitative estimate of drug-likeness (QED) is 0.689. The average Bonchev–Trinajstić information content (AvgIpc) is 3.22. The second kappa shape index (κ2) is 7.19. The van der Waals surface area contributed by atoms with E-state index < -0.39 is 13.0 Å². The van der Waals surface area contributed by atoms with E-state index in [0.29, 0.717) is 12.4 Å². The summed E-state index contributed by atoms with van der Waals surface area (Å²) in [5, 5.41) is 14.2. The Bertz CT molecular complexity index is 746. The van der Waals surface area contributed by atoms with E-state index in [2.05, 4.69) is 20.5 Å². The molecule has 0 unspecified atom stereocenters. The van der Waals surface area contributed by atoms with Gasteiger partial charge in [-0.1, -0.05) is 6.07 Å². The molecule has 0 aliphatic heterocycles. The molecule has 0 amide bonds. The first-order valence-corrected chi connectivity index (χ1v) is 7.83. The van der Waals surface area contributed by atoms with Crippen molar-refractivity contribution in [3.05, 3.63) is 46.8 Å². The molecule has 0 saturated carbocycles. The van der Waals surface area contributed by atoms with Crippen molar-refractivity contribution in [3.8, 4) is 17.1 Å². The van der Waals surface area contributed by atoms with Crippen molar-refractivity contribution in [2.45, 2.75) is 13.0 Å². The minimum absolute atomic E-state index is 0.167. The first-order chi connectivity index (χ1) is 11.2. The molecule has 0 spiro atoms. The first-order valence-electron chi connectivity index (χ1n) is 6.89. The maximum absolute atomic E-state index is 12.2. The molecule has 120 valence electrons. The fraction of sp³-hybridized carbons (Fsp3) is 0.200. The Morgan fingerprint density at radius 1 is 1.30 bits per heavy atom. The fourth-order valence-corrected chi connectivity index (χ4v) is 2.68. The summed E-state index contributed by atoms with van der Waals surface area (Å²) < 4.78 is 29.2. The van der Waals surface area contributed by atoms with Gasteiger partial charge in [0.05, 0.1) is 11.9 Å². The van der Waals surface area contributed by atoms with Gasteiger partial charge in [-0.2, -0.15) is 21.4 Å². The van der Waals surface area contributed by atoms with Crippen LogP contribution in [-0.2, 0) is 6.54 Å². The van der Waals surface area contributed by atoms with E-state index in [0.717, 1.165) is 16.8 Å². The van der Waals surface area contributed by atoms with E-state index in [-0.39, 0.29) is 5.88 Å². The van der Waals surface area contributed by atoms with Crippen molar-refractivity contribution in [2.75, 3.05) is 11.9 Å². The topological polar surface area (TPSA) is 62.8 Å². The SMILES string of the molecule is FC(F)COc1cccc(NCc2cn[nH]c2-c2ccsc2)n1. The number of anilines is 1. The molecule has 3 aromatic rings. The maximum atomic E-state index is 12.2. The molecule has 0 radical (unpaired) electrons. The molecule has 5 nitrogen and oxygen atoms in total. The number of nitrogens with one attached hydrogen (secondary N) is 2. The molecule has 2 N–H and O–H groups in total. The van der Waals surface area contributed by atoms with Crippen LogP contribution in [0.5, 0.6) is 5.88 Å². The van der Waals surface area contributed by atoms with Crippen LogP contribution < -0.4 is 10.1 Å². The van der Waals surface area contributed by atoms with Gasteiger partial charge in [0.2, 0.25) is 5.88 Å².